The number of amides is 2. The molecule has 1 aliphatic rings. The van der Waals surface area contributed by atoms with E-state index in [0.717, 1.165) is 0 Å². The van der Waals surface area contributed by atoms with Gasteiger partial charge in [0.25, 0.3) is 11.8 Å². The van der Waals surface area contributed by atoms with Crippen LogP contribution in [-0.2, 0) is 4.74 Å². The second kappa shape index (κ2) is 7.32. The summed E-state index contributed by atoms with van der Waals surface area (Å²) in [5.74, 6) is -0.383. The average Bonchev–Trinajstić information content (AvgIpc) is 3.09. The predicted molar refractivity (Wildman–Crippen MR) is 105 cm³/mol. The molecule has 1 aliphatic heterocycles. The Bertz CT molecular complexity index is 1110. The van der Waals surface area contributed by atoms with Gasteiger partial charge in [0, 0.05) is 29.9 Å². The van der Waals surface area contributed by atoms with Crippen molar-refractivity contribution < 1.29 is 14.3 Å². The summed E-state index contributed by atoms with van der Waals surface area (Å²) in [5.41, 5.74) is 3.13. The zero-order valence-electron chi connectivity index (χ0n) is 15.4. The number of anilines is 1. The van der Waals surface area contributed by atoms with Crippen molar-refractivity contribution >= 4 is 28.5 Å². The van der Waals surface area contributed by atoms with Crippen LogP contribution in [0.5, 0.6) is 0 Å². The Hall–Kier alpha value is -3.39. The van der Waals surface area contributed by atoms with Crippen LogP contribution in [0.4, 0.5) is 5.69 Å². The van der Waals surface area contributed by atoms with Gasteiger partial charge in [-0.05, 0) is 42.8 Å². The number of nitrogens with one attached hydrogen (secondary N) is 3. The Balaban J connectivity index is 1.57. The van der Waals surface area contributed by atoms with Gasteiger partial charge in [-0.25, -0.2) is 4.79 Å². The van der Waals surface area contributed by atoms with Gasteiger partial charge in [0.1, 0.15) is 0 Å². The molecule has 0 radical (unpaired) electrons. The molecule has 2 heterocycles. The minimum atomic E-state index is -0.322. The molecule has 0 saturated carbocycles. The van der Waals surface area contributed by atoms with Crippen molar-refractivity contribution in [2.45, 2.75) is 6.92 Å². The Kier molecular flexibility index (Phi) is 4.70. The molecule has 1 fully saturated rings. The molecule has 0 bridgehead atoms. The Morgan fingerprint density at radius 3 is 2.61 bits per heavy atom. The van der Waals surface area contributed by atoms with Gasteiger partial charge in [-0.3, -0.25) is 9.59 Å². The summed E-state index contributed by atoms with van der Waals surface area (Å²) in [4.78, 5) is 43.9. The van der Waals surface area contributed by atoms with E-state index < -0.39 is 0 Å². The highest BCUT2D eigenvalue weighted by Gasteiger charge is 2.21. The zero-order valence-corrected chi connectivity index (χ0v) is 15.4. The number of morpholine rings is 1. The first-order chi connectivity index (χ1) is 13.5. The summed E-state index contributed by atoms with van der Waals surface area (Å²) in [5, 5.41) is 2.86. The van der Waals surface area contributed by atoms with E-state index in [-0.39, 0.29) is 17.5 Å². The fourth-order valence-electron chi connectivity index (χ4n) is 3.31. The van der Waals surface area contributed by atoms with Crippen molar-refractivity contribution in [1.82, 2.24) is 14.9 Å². The van der Waals surface area contributed by atoms with E-state index in [2.05, 4.69) is 15.3 Å². The number of H-pyrrole nitrogens is 2. The molecule has 8 nitrogen and oxygen atoms in total. The number of ether oxygens (including phenoxy) is 1. The molecular formula is C20H20N4O4. The molecule has 3 aromatic rings. The standard InChI is InChI=1S/C20H20N4O4/c1-12-14(19(26)24-7-9-28-10-8-24)3-2-4-15(12)21-18(25)13-5-6-16-17(11-13)23-20(27)22-16/h2-6,11H,7-10H2,1H3,(H,21,25)(H2,22,23,27). The molecule has 2 amide bonds. The van der Waals surface area contributed by atoms with Crippen LogP contribution in [0, 0.1) is 6.92 Å². The number of aromatic nitrogens is 2. The van der Waals surface area contributed by atoms with E-state index in [9.17, 15) is 14.4 Å². The molecule has 3 N–H and O–H groups in total. The first kappa shape index (κ1) is 18.0. The topological polar surface area (TPSA) is 107 Å². The summed E-state index contributed by atoms with van der Waals surface area (Å²) in [6.07, 6.45) is 0. The second-order valence-corrected chi connectivity index (χ2v) is 6.68. The van der Waals surface area contributed by atoms with E-state index in [0.29, 0.717) is 59.7 Å². The van der Waals surface area contributed by atoms with Gasteiger partial charge in [0.05, 0.1) is 24.2 Å². The number of benzene rings is 2. The van der Waals surface area contributed by atoms with Gasteiger partial charge < -0.3 is 24.9 Å². The molecule has 2 aromatic carbocycles. The van der Waals surface area contributed by atoms with Crippen LogP contribution >= 0.6 is 0 Å². The number of nitrogens with zero attached hydrogens (tertiary/aromatic N) is 1. The molecule has 0 atom stereocenters. The Morgan fingerprint density at radius 2 is 1.82 bits per heavy atom. The lowest BCUT2D eigenvalue weighted by Gasteiger charge is -2.27. The van der Waals surface area contributed by atoms with Gasteiger partial charge in [0.2, 0.25) is 0 Å². The predicted octanol–water partition coefficient (Wildman–Crippen LogP) is 1.89. The molecule has 0 spiro atoms. The van der Waals surface area contributed by atoms with Crippen LogP contribution in [0.3, 0.4) is 0 Å². The van der Waals surface area contributed by atoms with E-state index in [1.807, 2.05) is 6.92 Å². The first-order valence-corrected chi connectivity index (χ1v) is 9.03. The van der Waals surface area contributed by atoms with Crippen molar-refractivity contribution in [3.8, 4) is 0 Å². The van der Waals surface area contributed by atoms with Gasteiger partial charge in [-0.2, -0.15) is 0 Å². The zero-order chi connectivity index (χ0) is 19.7. The fourth-order valence-corrected chi connectivity index (χ4v) is 3.31. The normalized spacial score (nSPS) is 14.2. The SMILES string of the molecule is Cc1c(NC(=O)c2ccc3[nH]c(=O)[nH]c3c2)cccc1C(=O)N1CCOCC1. The summed E-state index contributed by atoms with van der Waals surface area (Å²) >= 11 is 0. The van der Waals surface area contributed by atoms with E-state index in [4.69, 9.17) is 4.74 Å². The number of carbonyl (C=O) groups is 2. The van der Waals surface area contributed by atoms with Gasteiger partial charge in [-0.1, -0.05) is 6.07 Å². The third-order valence-corrected chi connectivity index (χ3v) is 4.89. The lowest BCUT2D eigenvalue weighted by atomic mass is 10.0. The van der Waals surface area contributed by atoms with Crippen molar-refractivity contribution in [2.24, 2.45) is 0 Å². The highest BCUT2D eigenvalue weighted by molar-refractivity contribution is 6.07. The highest BCUT2D eigenvalue weighted by atomic mass is 16.5. The third-order valence-electron chi connectivity index (χ3n) is 4.89. The summed E-state index contributed by atoms with van der Waals surface area (Å²) in [6.45, 7) is 4.00. The molecule has 0 aliphatic carbocycles. The lowest BCUT2D eigenvalue weighted by Crippen LogP contribution is -2.41. The van der Waals surface area contributed by atoms with Crippen LogP contribution in [0.15, 0.2) is 41.2 Å². The first-order valence-electron chi connectivity index (χ1n) is 9.03. The second-order valence-electron chi connectivity index (χ2n) is 6.68. The highest BCUT2D eigenvalue weighted by Crippen LogP contribution is 2.22. The number of fused-ring (bicyclic) bond motifs is 1. The molecule has 4 rings (SSSR count). The molecule has 8 heteroatoms. The Labute approximate surface area is 160 Å². The third kappa shape index (κ3) is 3.41. The largest absolute Gasteiger partial charge is 0.378 e. The number of carbonyl (C=O) groups excluding carboxylic acids is 2. The quantitative estimate of drug-likeness (QED) is 0.645. The number of hydrogen-bond acceptors (Lipinski definition) is 4. The van der Waals surface area contributed by atoms with Crippen LogP contribution < -0.4 is 11.0 Å². The molecule has 1 saturated heterocycles. The van der Waals surface area contributed by atoms with Crippen molar-refractivity contribution in [1.29, 1.82) is 0 Å². The smallest absolute Gasteiger partial charge is 0.323 e. The maximum absolute atomic E-state index is 12.8. The number of aromatic amines is 2. The molecule has 0 unspecified atom stereocenters. The van der Waals surface area contributed by atoms with Crippen LogP contribution in [0.25, 0.3) is 11.0 Å². The van der Waals surface area contributed by atoms with Crippen LogP contribution in [0.1, 0.15) is 26.3 Å². The number of hydrogen-bond donors (Lipinski definition) is 3. The van der Waals surface area contributed by atoms with E-state index in [1.54, 1.807) is 41.3 Å². The summed E-state index contributed by atoms with van der Waals surface area (Å²) < 4.78 is 5.30. The minimum absolute atomic E-state index is 0.0665. The minimum Gasteiger partial charge on any atom is -0.378 e. The van der Waals surface area contributed by atoms with Gasteiger partial charge in [-0.15, -0.1) is 0 Å². The molecular weight excluding hydrogens is 360 g/mol. The fraction of sp³-hybridized carbons (Fsp3) is 0.250. The van der Waals surface area contributed by atoms with Crippen LogP contribution in [0.2, 0.25) is 0 Å². The maximum atomic E-state index is 12.8. The maximum Gasteiger partial charge on any atom is 0.323 e. The van der Waals surface area contributed by atoms with Gasteiger partial charge >= 0.3 is 5.69 Å². The monoisotopic (exact) mass is 380 g/mol. The Morgan fingerprint density at radius 1 is 1.07 bits per heavy atom. The van der Waals surface area contributed by atoms with Crippen LogP contribution in [-0.4, -0.2) is 53.0 Å². The van der Waals surface area contributed by atoms with Crippen molar-refractivity contribution in [2.75, 3.05) is 31.6 Å². The summed E-state index contributed by atoms with van der Waals surface area (Å²) in [7, 11) is 0. The molecule has 1 aromatic heterocycles. The van der Waals surface area contributed by atoms with Gasteiger partial charge in [0.15, 0.2) is 0 Å². The molecule has 144 valence electrons. The van der Waals surface area contributed by atoms with E-state index >= 15 is 0 Å². The number of rotatable bonds is 3. The van der Waals surface area contributed by atoms with Crippen molar-refractivity contribution in [3.63, 3.8) is 0 Å². The average molecular weight is 380 g/mol. The lowest BCUT2D eigenvalue weighted by molar-refractivity contribution is 0.0302. The number of imidazole rings is 1. The van der Waals surface area contributed by atoms with E-state index in [1.165, 1.54) is 0 Å². The summed E-state index contributed by atoms with van der Waals surface area (Å²) in [6, 6.07) is 10.2. The van der Waals surface area contributed by atoms with Crippen molar-refractivity contribution in [3.05, 3.63) is 63.6 Å². The molecule has 28 heavy (non-hydrogen) atoms.